The highest BCUT2D eigenvalue weighted by Crippen LogP contribution is 2.57. The van der Waals surface area contributed by atoms with Crippen molar-refractivity contribution < 1.29 is 10.2 Å². The van der Waals surface area contributed by atoms with Gasteiger partial charge in [-0.15, -0.1) is 0 Å². The number of aliphatic hydroxyl groups is 2. The van der Waals surface area contributed by atoms with Gasteiger partial charge in [0.1, 0.15) is 11.7 Å². The Balaban J connectivity index is 3.20. The van der Waals surface area contributed by atoms with E-state index in [1.807, 2.05) is 0 Å². The Morgan fingerprint density at radius 2 is 1.16 bits per heavy atom. The molecule has 0 bridgehead atoms. The lowest BCUT2D eigenvalue weighted by atomic mass is 10.4. The lowest BCUT2D eigenvalue weighted by Gasteiger charge is -2.35. The van der Waals surface area contributed by atoms with Gasteiger partial charge in [-0.2, -0.15) is 0 Å². The molecular formula is C10H9Cl6O2P. The third kappa shape index (κ3) is 5.21. The highest BCUT2D eigenvalue weighted by atomic mass is 35.6. The zero-order valence-electron chi connectivity index (χ0n) is 9.15. The van der Waals surface area contributed by atoms with E-state index in [-0.39, 0.29) is 0 Å². The smallest absolute Gasteiger partial charge is 0.220 e. The van der Waals surface area contributed by atoms with Crippen molar-refractivity contribution in [2.24, 2.45) is 0 Å². The first kappa shape index (κ1) is 18.4. The Labute approximate surface area is 142 Å². The molecule has 108 valence electrons. The summed E-state index contributed by atoms with van der Waals surface area (Å²) in [5, 5.41) is 20.8. The number of alkyl halides is 6. The van der Waals surface area contributed by atoms with Crippen LogP contribution in [0.15, 0.2) is 30.3 Å². The first-order chi connectivity index (χ1) is 8.55. The maximum Gasteiger partial charge on any atom is 0.220 e. The molecule has 0 heterocycles. The second-order valence-corrected chi connectivity index (χ2v) is 10.6. The minimum absolute atomic E-state index is 0.551. The molecule has 0 spiro atoms. The van der Waals surface area contributed by atoms with E-state index in [1.165, 1.54) is 0 Å². The van der Waals surface area contributed by atoms with Crippen molar-refractivity contribution in [1.29, 1.82) is 0 Å². The molecule has 0 aliphatic carbocycles. The van der Waals surface area contributed by atoms with Crippen LogP contribution in [0.1, 0.15) is 0 Å². The van der Waals surface area contributed by atoms with E-state index >= 15 is 0 Å². The summed E-state index contributed by atoms with van der Waals surface area (Å²) in [6.45, 7) is 0. The Morgan fingerprint density at radius 3 is 1.47 bits per heavy atom. The molecule has 0 aliphatic rings. The number of hydrogen-bond donors (Lipinski definition) is 2. The third-order valence-electron chi connectivity index (χ3n) is 2.17. The highest BCUT2D eigenvalue weighted by molar-refractivity contribution is 7.67. The summed E-state index contributed by atoms with van der Waals surface area (Å²) in [6.07, 6.45) is 0. The van der Waals surface area contributed by atoms with Gasteiger partial charge in [0.15, 0.2) is 0 Å². The van der Waals surface area contributed by atoms with Gasteiger partial charge in [-0.25, -0.2) is 0 Å². The number of hydrogen-bond acceptors (Lipinski definition) is 2. The first-order valence-corrected chi connectivity index (χ1v) is 8.63. The minimum atomic E-state index is -2.00. The SMILES string of the molecule is OC(P(c1ccccc1)C(O)C(Cl)(Cl)Cl)C(Cl)(Cl)Cl. The summed E-state index contributed by atoms with van der Waals surface area (Å²) in [5.41, 5.74) is 0. The van der Waals surface area contributed by atoms with Gasteiger partial charge in [0.2, 0.25) is 7.59 Å². The van der Waals surface area contributed by atoms with Gasteiger partial charge in [0.05, 0.1) is 0 Å². The van der Waals surface area contributed by atoms with E-state index in [4.69, 9.17) is 69.6 Å². The molecule has 2 N–H and O–H groups in total. The third-order valence-corrected chi connectivity index (χ3v) is 7.04. The van der Waals surface area contributed by atoms with Crippen molar-refractivity contribution in [3.05, 3.63) is 30.3 Å². The number of aliphatic hydroxyl groups excluding tert-OH is 2. The van der Waals surface area contributed by atoms with E-state index in [9.17, 15) is 10.2 Å². The quantitative estimate of drug-likeness (QED) is 0.586. The predicted molar refractivity (Wildman–Crippen MR) is 85.6 cm³/mol. The second kappa shape index (κ2) is 7.05. The topological polar surface area (TPSA) is 40.5 Å². The summed E-state index contributed by atoms with van der Waals surface area (Å²) in [5.74, 6) is -2.97. The molecule has 0 saturated carbocycles. The van der Waals surface area contributed by atoms with Crippen LogP contribution in [-0.4, -0.2) is 29.5 Å². The van der Waals surface area contributed by atoms with Gasteiger partial charge in [-0.3, -0.25) is 0 Å². The first-order valence-electron chi connectivity index (χ1n) is 4.88. The molecule has 9 heteroatoms. The molecule has 1 aromatic rings. The molecule has 19 heavy (non-hydrogen) atoms. The Kier molecular flexibility index (Phi) is 6.81. The van der Waals surface area contributed by atoms with E-state index < -0.39 is 27.2 Å². The summed E-state index contributed by atoms with van der Waals surface area (Å²) in [4.78, 5) is 0. The number of rotatable bonds is 3. The molecule has 2 nitrogen and oxygen atoms in total. The van der Waals surface area contributed by atoms with Crippen molar-refractivity contribution in [1.82, 2.24) is 0 Å². The van der Waals surface area contributed by atoms with Gasteiger partial charge in [0.25, 0.3) is 0 Å². The van der Waals surface area contributed by atoms with Crippen LogP contribution in [0.2, 0.25) is 0 Å². The van der Waals surface area contributed by atoms with Crippen LogP contribution >= 0.6 is 77.5 Å². The lowest BCUT2D eigenvalue weighted by molar-refractivity contribution is 0.230. The van der Waals surface area contributed by atoms with E-state index in [0.29, 0.717) is 5.30 Å². The minimum Gasteiger partial charge on any atom is -0.384 e. The lowest BCUT2D eigenvalue weighted by Crippen LogP contribution is -2.36. The molecule has 0 aliphatic heterocycles. The standard InChI is InChI=1S/C10H9Cl6O2P/c11-9(12,13)7(17)19(8(18)10(14,15)16)6-4-2-1-3-5-6/h1-5,7-8,17-18H. The van der Waals surface area contributed by atoms with Crippen molar-refractivity contribution in [2.75, 3.05) is 0 Å². The van der Waals surface area contributed by atoms with Gasteiger partial charge in [0, 0.05) is 0 Å². The zero-order chi connectivity index (χ0) is 14.8. The Hall–Kier alpha value is 1.31. The number of halogens is 6. The van der Waals surface area contributed by atoms with E-state index in [0.717, 1.165) is 0 Å². The fourth-order valence-electron chi connectivity index (χ4n) is 1.33. The molecule has 2 unspecified atom stereocenters. The van der Waals surface area contributed by atoms with E-state index in [1.54, 1.807) is 30.3 Å². The second-order valence-electron chi connectivity index (χ2n) is 3.57. The van der Waals surface area contributed by atoms with Crippen LogP contribution in [0.4, 0.5) is 0 Å². The molecule has 0 amide bonds. The van der Waals surface area contributed by atoms with Crippen molar-refractivity contribution in [3.8, 4) is 0 Å². The maximum absolute atomic E-state index is 10.1. The summed E-state index contributed by atoms with van der Waals surface area (Å²) in [7, 11) is -1.83. The van der Waals surface area contributed by atoms with Crippen molar-refractivity contribution >= 4 is 82.8 Å². The molecule has 0 radical (unpaired) electrons. The summed E-state index contributed by atoms with van der Waals surface area (Å²) in [6, 6.07) is 8.50. The van der Waals surface area contributed by atoms with Crippen molar-refractivity contribution in [3.63, 3.8) is 0 Å². The van der Waals surface area contributed by atoms with Crippen molar-refractivity contribution in [2.45, 2.75) is 19.3 Å². The highest BCUT2D eigenvalue weighted by Gasteiger charge is 2.47. The molecular weight excluding hydrogens is 396 g/mol. The van der Waals surface area contributed by atoms with Gasteiger partial charge < -0.3 is 10.2 Å². The van der Waals surface area contributed by atoms with Crippen LogP contribution in [0, 0.1) is 0 Å². The molecule has 1 aromatic carbocycles. The monoisotopic (exact) mass is 402 g/mol. The molecule has 0 fully saturated rings. The Morgan fingerprint density at radius 1 is 0.789 bits per heavy atom. The van der Waals surface area contributed by atoms with Crippen LogP contribution in [0.3, 0.4) is 0 Å². The zero-order valence-corrected chi connectivity index (χ0v) is 14.6. The number of benzene rings is 1. The molecule has 1 rings (SSSR count). The van der Waals surface area contributed by atoms with Gasteiger partial charge >= 0.3 is 0 Å². The fraction of sp³-hybridized carbons (Fsp3) is 0.400. The van der Waals surface area contributed by atoms with Gasteiger partial charge in [-0.05, 0) is 13.2 Å². The predicted octanol–water partition coefficient (Wildman–Crippen LogP) is 4.17. The Bertz CT molecular complexity index is 385. The normalized spacial score (nSPS) is 17.9. The summed E-state index contributed by atoms with van der Waals surface area (Å²) < 4.78 is -4.00. The van der Waals surface area contributed by atoms with Crippen LogP contribution < -0.4 is 5.30 Å². The molecule has 2 atom stereocenters. The molecule has 0 saturated heterocycles. The maximum atomic E-state index is 10.1. The van der Waals surface area contributed by atoms with Crippen LogP contribution in [-0.2, 0) is 0 Å². The average Bonchev–Trinajstić information content (AvgIpc) is 2.28. The largest absolute Gasteiger partial charge is 0.384 e. The summed E-state index contributed by atoms with van der Waals surface area (Å²) >= 11 is 34.1. The van der Waals surface area contributed by atoms with E-state index in [2.05, 4.69) is 0 Å². The molecule has 0 aromatic heterocycles. The van der Waals surface area contributed by atoms with Gasteiger partial charge in [-0.1, -0.05) is 99.9 Å². The van der Waals surface area contributed by atoms with Crippen LogP contribution in [0.5, 0.6) is 0 Å². The fourth-order valence-corrected chi connectivity index (χ4v) is 5.20. The van der Waals surface area contributed by atoms with Crippen LogP contribution in [0.25, 0.3) is 0 Å². The average molecular weight is 405 g/mol.